The molecule has 0 saturated carbocycles. The lowest BCUT2D eigenvalue weighted by molar-refractivity contribution is 0.313. The van der Waals surface area contributed by atoms with Crippen molar-refractivity contribution in [2.24, 2.45) is 5.16 Å². The second-order valence-electron chi connectivity index (χ2n) is 5.09. The number of oxime groups is 1. The molecule has 2 heterocycles. The lowest BCUT2D eigenvalue weighted by Gasteiger charge is -2.08. The second kappa shape index (κ2) is 6.27. The van der Waals surface area contributed by atoms with E-state index in [4.69, 9.17) is 9.94 Å². The number of hydrogen-bond donors (Lipinski definition) is 1. The summed E-state index contributed by atoms with van der Waals surface area (Å²) in [5.41, 5.74) is 0.775. The first kappa shape index (κ1) is 14.7. The topological polar surface area (TPSA) is 57.7 Å². The van der Waals surface area contributed by atoms with Gasteiger partial charge in [0.1, 0.15) is 5.75 Å². The van der Waals surface area contributed by atoms with Crippen molar-refractivity contribution in [3.63, 3.8) is 0 Å². The van der Waals surface area contributed by atoms with E-state index in [1.165, 1.54) is 4.90 Å². The monoisotopic (exact) mass is 315 g/mol. The van der Waals surface area contributed by atoms with Gasteiger partial charge >= 0.3 is 0 Å². The summed E-state index contributed by atoms with van der Waals surface area (Å²) in [6, 6.07) is 11.9. The average molecular weight is 315 g/mol. The summed E-state index contributed by atoms with van der Waals surface area (Å²) >= 11 is 1.69. The average Bonchev–Trinajstić information content (AvgIpc) is 3.27. The Bertz CT molecular complexity index is 671. The van der Waals surface area contributed by atoms with Crippen LogP contribution in [-0.4, -0.2) is 39.8 Å². The summed E-state index contributed by atoms with van der Waals surface area (Å²) in [7, 11) is 0. The summed E-state index contributed by atoms with van der Waals surface area (Å²) in [5.74, 6) is 1.81. The maximum atomic E-state index is 9.15. The molecule has 3 rings (SSSR count). The number of ether oxygens (including phenoxy) is 1. The quantitative estimate of drug-likeness (QED) is 0.234. The normalized spacial score (nSPS) is 17.5. The standard InChI is InChI=1S/C16H17N3O2S/c1-11-10-19(11)16(18-20)12-3-8-15(17-9-12)21-13-4-6-14(22-2)7-5-13/h3-9,11,20H,10H2,1-2H3/b18-16-. The third-order valence-electron chi connectivity index (χ3n) is 3.50. The molecule has 1 fully saturated rings. The van der Waals surface area contributed by atoms with Crippen LogP contribution in [0.25, 0.3) is 0 Å². The van der Waals surface area contributed by atoms with Crippen LogP contribution in [0.3, 0.4) is 0 Å². The zero-order valence-electron chi connectivity index (χ0n) is 12.4. The number of thioether (sulfide) groups is 1. The van der Waals surface area contributed by atoms with Crippen molar-refractivity contribution in [3.8, 4) is 11.6 Å². The highest BCUT2D eigenvalue weighted by Crippen LogP contribution is 2.25. The molecule has 0 amide bonds. The molecule has 1 N–H and O–H groups in total. The molecule has 1 aliphatic heterocycles. The Morgan fingerprint density at radius 2 is 2.05 bits per heavy atom. The van der Waals surface area contributed by atoms with E-state index in [9.17, 15) is 0 Å². The Kier molecular flexibility index (Phi) is 4.20. The maximum Gasteiger partial charge on any atom is 0.219 e. The van der Waals surface area contributed by atoms with Crippen molar-refractivity contribution in [2.75, 3.05) is 12.8 Å². The van der Waals surface area contributed by atoms with E-state index >= 15 is 0 Å². The van der Waals surface area contributed by atoms with Crippen molar-refractivity contribution in [2.45, 2.75) is 17.9 Å². The molecule has 6 heteroatoms. The molecule has 1 aromatic carbocycles. The molecule has 2 aromatic rings. The van der Waals surface area contributed by atoms with Gasteiger partial charge in [0.2, 0.25) is 5.88 Å². The third kappa shape index (κ3) is 3.17. The lowest BCUT2D eigenvalue weighted by atomic mass is 10.2. The first-order valence-electron chi connectivity index (χ1n) is 6.98. The number of nitrogens with zero attached hydrogens (tertiary/aromatic N) is 3. The maximum absolute atomic E-state index is 9.15. The summed E-state index contributed by atoms with van der Waals surface area (Å²) in [5, 5.41) is 12.5. The summed E-state index contributed by atoms with van der Waals surface area (Å²) in [6.45, 7) is 2.98. The summed E-state index contributed by atoms with van der Waals surface area (Å²) < 4.78 is 5.71. The van der Waals surface area contributed by atoms with Gasteiger partial charge in [-0.3, -0.25) is 0 Å². The molecule has 0 radical (unpaired) electrons. The van der Waals surface area contributed by atoms with E-state index in [2.05, 4.69) is 17.1 Å². The van der Waals surface area contributed by atoms with Crippen LogP contribution in [0.15, 0.2) is 52.6 Å². The molecule has 0 spiro atoms. The van der Waals surface area contributed by atoms with Crippen LogP contribution in [0.5, 0.6) is 11.6 Å². The van der Waals surface area contributed by atoms with Gasteiger partial charge in [-0.05, 0) is 43.5 Å². The minimum atomic E-state index is 0.414. The Morgan fingerprint density at radius 1 is 1.32 bits per heavy atom. The van der Waals surface area contributed by atoms with Crippen molar-refractivity contribution in [3.05, 3.63) is 48.2 Å². The fraction of sp³-hybridized carbons (Fsp3) is 0.250. The van der Waals surface area contributed by atoms with Crippen molar-refractivity contribution in [1.82, 2.24) is 9.88 Å². The molecule has 1 atom stereocenters. The second-order valence-corrected chi connectivity index (χ2v) is 5.97. The Morgan fingerprint density at radius 3 is 2.55 bits per heavy atom. The van der Waals surface area contributed by atoms with E-state index in [0.717, 1.165) is 17.9 Å². The van der Waals surface area contributed by atoms with Gasteiger partial charge in [0.15, 0.2) is 5.84 Å². The molecule has 1 unspecified atom stereocenters. The smallest absolute Gasteiger partial charge is 0.219 e. The molecular formula is C16H17N3O2S. The number of rotatable bonds is 4. The van der Waals surface area contributed by atoms with E-state index < -0.39 is 0 Å². The molecular weight excluding hydrogens is 298 g/mol. The van der Waals surface area contributed by atoms with Crippen LogP contribution in [0.4, 0.5) is 0 Å². The van der Waals surface area contributed by atoms with Gasteiger partial charge in [0.25, 0.3) is 0 Å². The Labute approximate surface area is 133 Å². The molecule has 0 aliphatic carbocycles. The van der Waals surface area contributed by atoms with Crippen molar-refractivity contribution < 1.29 is 9.94 Å². The first-order valence-corrected chi connectivity index (χ1v) is 8.21. The molecule has 114 valence electrons. The first-order chi connectivity index (χ1) is 10.7. The molecule has 1 saturated heterocycles. The van der Waals surface area contributed by atoms with Gasteiger partial charge in [-0.25, -0.2) is 4.98 Å². The minimum absolute atomic E-state index is 0.414. The third-order valence-corrected chi connectivity index (χ3v) is 4.25. The molecule has 1 aliphatic rings. The highest BCUT2D eigenvalue weighted by atomic mass is 32.2. The van der Waals surface area contributed by atoms with Crippen LogP contribution < -0.4 is 4.74 Å². The van der Waals surface area contributed by atoms with Gasteiger partial charge in [0, 0.05) is 35.3 Å². The summed E-state index contributed by atoms with van der Waals surface area (Å²) in [4.78, 5) is 7.46. The van der Waals surface area contributed by atoms with Crippen LogP contribution in [0.2, 0.25) is 0 Å². The summed E-state index contributed by atoms with van der Waals surface area (Å²) in [6.07, 6.45) is 3.69. The zero-order chi connectivity index (χ0) is 15.5. The molecule has 5 nitrogen and oxygen atoms in total. The van der Waals surface area contributed by atoms with Crippen LogP contribution >= 0.6 is 11.8 Å². The van der Waals surface area contributed by atoms with E-state index in [1.807, 2.05) is 41.5 Å². The number of amidine groups is 1. The number of pyridine rings is 1. The fourth-order valence-corrected chi connectivity index (χ4v) is 2.56. The van der Waals surface area contributed by atoms with Gasteiger partial charge in [-0.15, -0.1) is 11.8 Å². The van der Waals surface area contributed by atoms with Crippen LogP contribution in [0.1, 0.15) is 12.5 Å². The van der Waals surface area contributed by atoms with Gasteiger partial charge in [0.05, 0.1) is 0 Å². The minimum Gasteiger partial charge on any atom is -0.439 e. The van der Waals surface area contributed by atoms with E-state index in [-0.39, 0.29) is 0 Å². The Hall–Kier alpha value is -2.21. The van der Waals surface area contributed by atoms with Crippen LogP contribution in [-0.2, 0) is 0 Å². The lowest BCUT2D eigenvalue weighted by Crippen LogP contribution is -2.14. The SMILES string of the molecule is CSc1ccc(Oc2ccc(/C(=N/O)N3CC3C)cn2)cc1. The van der Waals surface area contributed by atoms with E-state index in [0.29, 0.717) is 17.8 Å². The number of hydrogen-bond acceptors (Lipinski definition) is 5. The fourth-order valence-electron chi connectivity index (χ4n) is 2.15. The molecule has 0 bridgehead atoms. The van der Waals surface area contributed by atoms with E-state index in [1.54, 1.807) is 24.0 Å². The largest absolute Gasteiger partial charge is 0.439 e. The highest BCUT2D eigenvalue weighted by molar-refractivity contribution is 7.98. The van der Waals surface area contributed by atoms with Gasteiger partial charge in [-0.2, -0.15) is 0 Å². The molecule has 1 aromatic heterocycles. The number of aromatic nitrogens is 1. The molecule has 22 heavy (non-hydrogen) atoms. The highest BCUT2D eigenvalue weighted by Gasteiger charge is 2.33. The number of benzene rings is 1. The van der Waals surface area contributed by atoms with Crippen molar-refractivity contribution in [1.29, 1.82) is 0 Å². The predicted molar refractivity (Wildman–Crippen MR) is 87.0 cm³/mol. The zero-order valence-corrected chi connectivity index (χ0v) is 13.2. The Balaban J connectivity index is 1.70. The van der Waals surface area contributed by atoms with Crippen molar-refractivity contribution >= 4 is 17.6 Å². The van der Waals surface area contributed by atoms with Crippen LogP contribution in [0, 0.1) is 0 Å². The van der Waals surface area contributed by atoms with Gasteiger partial charge < -0.3 is 14.8 Å². The predicted octanol–water partition coefficient (Wildman–Crippen LogP) is 3.44. The van der Waals surface area contributed by atoms with Gasteiger partial charge in [-0.1, -0.05) is 5.16 Å².